The van der Waals surface area contributed by atoms with Crippen LogP contribution in [0, 0.1) is 0 Å². The number of rotatable bonds is 3. The summed E-state index contributed by atoms with van der Waals surface area (Å²) in [5, 5.41) is 0. The molecule has 2 heterocycles. The summed E-state index contributed by atoms with van der Waals surface area (Å²) in [4.78, 5) is 6.78. The molecule has 1 atom stereocenters. The lowest BCUT2D eigenvalue weighted by Crippen LogP contribution is -2.40. The lowest BCUT2D eigenvalue weighted by Gasteiger charge is -2.33. The fourth-order valence-electron chi connectivity index (χ4n) is 2.09. The van der Waals surface area contributed by atoms with E-state index in [9.17, 15) is 0 Å². The number of anilines is 1. The summed E-state index contributed by atoms with van der Waals surface area (Å²) in [7, 11) is 0. The van der Waals surface area contributed by atoms with Gasteiger partial charge in [-0.1, -0.05) is 6.07 Å². The van der Waals surface area contributed by atoms with Gasteiger partial charge in [0.2, 0.25) is 0 Å². The fraction of sp³-hybridized carbons (Fsp3) is 0.583. The normalized spacial score (nSPS) is 21.1. The van der Waals surface area contributed by atoms with Gasteiger partial charge in [0.05, 0.1) is 6.10 Å². The molecule has 1 aromatic rings. The maximum Gasteiger partial charge on any atom is 0.129 e. The topological polar surface area (TPSA) is 25.4 Å². The molecule has 0 saturated carbocycles. The largest absolute Gasteiger partial charge is 0.377 e. The monoisotopic (exact) mass is 284 g/mol. The number of aromatic nitrogens is 1. The number of piperidine rings is 1. The zero-order chi connectivity index (χ0) is 11.4. The Bertz CT molecular complexity index is 344. The van der Waals surface area contributed by atoms with E-state index in [1.165, 1.54) is 12.8 Å². The van der Waals surface area contributed by atoms with Gasteiger partial charge in [0.1, 0.15) is 10.4 Å². The first-order chi connectivity index (χ1) is 7.79. The van der Waals surface area contributed by atoms with E-state index in [2.05, 4.69) is 38.8 Å². The van der Waals surface area contributed by atoms with Gasteiger partial charge in [0, 0.05) is 19.7 Å². The number of halogens is 1. The first kappa shape index (κ1) is 11.9. The van der Waals surface area contributed by atoms with Crippen LogP contribution in [0.25, 0.3) is 0 Å². The third kappa shape index (κ3) is 2.95. The first-order valence-electron chi connectivity index (χ1n) is 5.78. The van der Waals surface area contributed by atoms with Gasteiger partial charge >= 0.3 is 0 Å². The molecule has 3 nitrogen and oxygen atoms in total. The molecule has 0 bridgehead atoms. The lowest BCUT2D eigenvalue weighted by atomic mass is 10.1. The molecule has 1 fully saturated rings. The van der Waals surface area contributed by atoms with Crippen molar-refractivity contribution in [1.29, 1.82) is 0 Å². The molecule has 0 spiro atoms. The maximum absolute atomic E-state index is 5.68. The molecule has 0 aliphatic carbocycles. The van der Waals surface area contributed by atoms with Crippen LogP contribution in [0.5, 0.6) is 0 Å². The molecular formula is C12H17BrN2O. The van der Waals surface area contributed by atoms with E-state index in [0.29, 0.717) is 6.10 Å². The molecule has 0 N–H and O–H groups in total. The van der Waals surface area contributed by atoms with Crippen LogP contribution in [-0.4, -0.2) is 30.8 Å². The number of pyridine rings is 1. The predicted octanol–water partition coefficient (Wildman–Crippen LogP) is 2.85. The minimum absolute atomic E-state index is 0.361. The Morgan fingerprint density at radius 2 is 2.44 bits per heavy atom. The van der Waals surface area contributed by atoms with Gasteiger partial charge in [-0.05, 0) is 47.8 Å². The third-order valence-corrected chi connectivity index (χ3v) is 3.25. The van der Waals surface area contributed by atoms with E-state index in [1.54, 1.807) is 0 Å². The van der Waals surface area contributed by atoms with Crippen molar-refractivity contribution in [2.45, 2.75) is 25.9 Å². The Labute approximate surface area is 105 Å². The van der Waals surface area contributed by atoms with E-state index in [0.717, 1.165) is 30.1 Å². The minimum Gasteiger partial charge on any atom is -0.377 e. The maximum atomic E-state index is 5.68. The number of hydrogen-bond donors (Lipinski definition) is 0. The van der Waals surface area contributed by atoms with E-state index in [1.807, 2.05) is 12.1 Å². The molecule has 1 aromatic heterocycles. The van der Waals surface area contributed by atoms with Crippen LogP contribution in [0.4, 0.5) is 5.82 Å². The highest BCUT2D eigenvalue weighted by Gasteiger charge is 2.20. The smallest absolute Gasteiger partial charge is 0.129 e. The van der Waals surface area contributed by atoms with Gasteiger partial charge in [-0.3, -0.25) is 0 Å². The van der Waals surface area contributed by atoms with Gasteiger partial charge in [0.15, 0.2) is 0 Å². The molecule has 1 unspecified atom stereocenters. The van der Waals surface area contributed by atoms with Crippen LogP contribution in [0.1, 0.15) is 19.8 Å². The minimum atomic E-state index is 0.361. The van der Waals surface area contributed by atoms with E-state index in [-0.39, 0.29) is 0 Å². The molecule has 2 rings (SSSR count). The van der Waals surface area contributed by atoms with Crippen molar-refractivity contribution in [3.8, 4) is 0 Å². The second kappa shape index (κ2) is 5.64. The Hall–Kier alpha value is -0.610. The third-order valence-electron chi connectivity index (χ3n) is 2.80. The molecule has 4 heteroatoms. The summed E-state index contributed by atoms with van der Waals surface area (Å²) in [5.74, 6) is 1.04. The fourth-order valence-corrected chi connectivity index (χ4v) is 2.43. The van der Waals surface area contributed by atoms with Crippen LogP contribution < -0.4 is 4.90 Å². The summed E-state index contributed by atoms with van der Waals surface area (Å²) in [5.41, 5.74) is 0. The molecule has 0 aromatic carbocycles. The van der Waals surface area contributed by atoms with Crippen molar-refractivity contribution in [1.82, 2.24) is 4.98 Å². The van der Waals surface area contributed by atoms with Gasteiger partial charge in [-0.25, -0.2) is 4.98 Å². The Morgan fingerprint density at radius 3 is 3.19 bits per heavy atom. The highest BCUT2D eigenvalue weighted by Crippen LogP contribution is 2.21. The van der Waals surface area contributed by atoms with Crippen LogP contribution >= 0.6 is 15.9 Å². The molecule has 0 radical (unpaired) electrons. The summed E-state index contributed by atoms with van der Waals surface area (Å²) < 4.78 is 6.58. The standard InChI is InChI=1S/C12H17BrN2O/c1-2-16-10-5-4-8-15(9-10)12-7-3-6-11(13)14-12/h3,6-7,10H,2,4-5,8-9H2,1H3. The summed E-state index contributed by atoms with van der Waals surface area (Å²) in [6.07, 6.45) is 2.71. The van der Waals surface area contributed by atoms with Gasteiger partial charge < -0.3 is 9.64 Å². The molecule has 1 aliphatic heterocycles. The van der Waals surface area contributed by atoms with Crippen LogP contribution in [0.3, 0.4) is 0 Å². The highest BCUT2D eigenvalue weighted by atomic mass is 79.9. The summed E-state index contributed by atoms with van der Waals surface area (Å²) in [6, 6.07) is 6.03. The predicted molar refractivity (Wildman–Crippen MR) is 68.8 cm³/mol. The van der Waals surface area contributed by atoms with Gasteiger partial charge in [0.25, 0.3) is 0 Å². The van der Waals surface area contributed by atoms with Gasteiger partial charge in [-0.15, -0.1) is 0 Å². The second-order valence-electron chi connectivity index (χ2n) is 3.98. The number of nitrogens with zero attached hydrogens (tertiary/aromatic N) is 2. The van der Waals surface area contributed by atoms with E-state index >= 15 is 0 Å². The van der Waals surface area contributed by atoms with Crippen LogP contribution in [-0.2, 0) is 4.74 Å². The molecule has 16 heavy (non-hydrogen) atoms. The molecule has 1 saturated heterocycles. The van der Waals surface area contributed by atoms with Crippen molar-refractivity contribution < 1.29 is 4.74 Å². The quantitative estimate of drug-likeness (QED) is 0.798. The van der Waals surface area contributed by atoms with E-state index in [4.69, 9.17) is 4.74 Å². The van der Waals surface area contributed by atoms with Crippen molar-refractivity contribution >= 4 is 21.7 Å². The second-order valence-corrected chi connectivity index (χ2v) is 4.80. The molecular weight excluding hydrogens is 268 g/mol. The Morgan fingerprint density at radius 1 is 1.56 bits per heavy atom. The highest BCUT2D eigenvalue weighted by molar-refractivity contribution is 9.10. The lowest BCUT2D eigenvalue weighted by molar-refractivity contribution is 0.0525. The Balaban J connectivity index is 2.03. The van der Waals surface area contributed by atoms with Crippen LogP contribution in [0.2, 0.25) is 0 Å². The molecule has 0 amide bonds. The number of hydrogen-bond acceptors (Lipinski definition) is 3. The average Bonchev–Trinajstić information content (AvgIpc) is 2.30. The average molecular weight is 285 g/mol. The SMILES string of the molecule is CCOC1CCCN(c2cccc(Br)n2)C1. The van der Waals surface area contributed by atoms with Crippen molar-refractivity contribution in [3.63, 3.8) is 0 Å². The zero-order valence-corrected chi connectivity index (χ0v) is 11.1. The van der Waals surface area contributed by atoms with Crippen molar-refractivity contribution in [2.75, 3.05) is 24.6 Å². The van der Waals surface area contributed by atoms with Crippen molar-refractivity contribution in [2.24, 2.45) is 0 Å². The zero-order valence-electron chi connectivity index (χ0n) is 9.53. The number of ether oxygens (including phenoxy) is 1. The van der Waals surface area contributed by atoms with Gasteiger partial charge in [-0.2, -0.15) is 0 Å². The summed E-state index contributed by atoms with van der Waals surface area (Å²) >= 11 is 3.41. The van der Waals surface area contributed by atoms with E-state index < -0.39 is 0 Å². The summed E-state index contributed by atoms with van der Waals surface area (Å²) in [6.45, 7) is 4.88. The van der Waals surface area contributed by atoms with Crippen LogP contribution in [0.15, 0.2) is 22.8 Å². The molecule has 88 valence electrons. The molecule has 1 aliphatic rings. The van der Waals surface area contributed by atoms with Crippen molar-refractivity contribution in [3.05, 3.63) is 22.8 Å². The first-order valence-corrected chi connectivity index (χ1v) is 6.58. The Kier molecular flexibility index (Phi) is 4.18.